The summed E-state index contributed by atoms with van der Waals surface area (Å²) in [5, 5.41) is 0.729. The zero-order chi connectivity index (χ0) is 28.4. The fraction of sp³-hybridized carbons (Fsp3) is 0.406. The molecule has 1 aliphatic carbocycles. The summed E-state index contributed by atoms with van der Waals surface area (Å²) in [4.78, 5) is 33.5. The number of nitrogens with zero attached hydrogens (tertiary/aromatic N) is 2. The van der Waals surface area contributed by atoms with Crippen molar-refractivity contribution in [3.63, 3.8) is 0 Å². The summed E-state index contributed by atoms with van der Waals surface area (Å²) in [7, 11) is 4.74. The van der Waals surface area contributed by atoms with Crippen molar-refractivity contribution in [1.29, 1.82) is 0 Å². The Labute approximate surface area is 234 Å². The summed E-state index contributed by atoms with van der Waals surface area (Å²) < 4.78 is 22.2. The Morgan fingerprint density at radius 1 is 0.975 bits per heavy atom. The molecule has 0 unspecified atom stereocenters. The van der Waals surface area contributed by atoms with Gasteiger partial charge in [0.05, 0.1) is 38.1 Å². The summed E-state index contributed by atoms with van der Waals surface area (Å²) in [5.74, 6) is 1.01. The minimum absolute atomic E-state index is 0.142. The highest BCUT2D eigenvalue weighted by Crippen LogP contribution is 2.41. The fourth-order valence-corrected chi connectivity index (χ4v) is 6.08. The number of aromatic nitrogens is 1. The first-order valence-corrected chi connectivity index (χ1v) is 13.8. The second-order valence-electron chi connectivity index (χ2n) is 10.5. The molecule has 8 nitrogen and oxygen atoms in total. The lowest BCUT2D eigenvalue weighted by molar-refractivity contribution is -0.140. The molecule has 5 rings (SSSR count). The number of ether oxygens (including phenoxy) is 4. The van der Waals surface area contributed by atoms with Gasteiger partial charge in [0, 0.05) is 17.5 Å². The summed E-state index contributed by atoms with van der Waals surface area (Å²) in [6.07, 6.45) is 6.42. The predicted octanol–water partition coefficient (Wildman–Crippen LogP) is 5.69. The third kappa shape index (κ3) is 5.10. The molecule has 40 heavy (non-hydrogen) atoms. The lowest BCUT2D eigenvalue weighted by atomic mass is 9.97. The minimum Gasteiger partial charge on any atom is -0.493 e. The van der Waals surface area contributed by atoms with E-state index in [-0.39, 0.29) is 24.6 Å². The van der Waals surface area contributed by atoms with E-state index in [4.69, 9.17) is 23.9 Å². The number of rotatable bonds is 7. The van der Waals surface area contributed by atoms with Crippen molar-refractivity contribution in [1.82, 2.24) is 9.88 Å². The van der Waals surface area contributed by atoms with Gasteiger partial charge >= 0.3 is 5.97 Å². The molecule has 0 N–H and O–H groups in total. The molecule has 1 saturated heterocycles. The molecule has 0 saturated carbocycles. The maximum atomic E-state index is 13.6. The van der Waals surface area contributed by atoms with Crippen LogP contribution >= 0.6 is 0 Å². The van der Waals surface area contributed by atoms with Gasteiger partial charge < -0.3 is 23.8 Å². The van der Waals surface area contributed by atoms with Crippen molar-refractivity contribution in [2.45, 2.75) is 58.0 Å². The lowest BCUT2D eigenvalue weighted by Gasteiger charge is -2.38. The first-order chi connectivity index (χ1) is 19.4. The molecule has 2 aromatic carbocycles. The average molecular weight is 545 g/mol. The molecule has 2 atom stereocenters. The lowest BCUT2D eigenvalue weighted by Crippen LogP contribution is -2.49. The number of para-hydroxylation sites is 1. The summed E-state index contributed by atoms with van der Waals surface area (Å²) in [6, 6.07) is 11.6. The number of carbonyl (C=O) groups is 2. The number of methoxy groups -OCH3 is 3. The van der Waals surface area contributed by atoms with Crippen molar-refractivity contribution in [3.05, 3.63) is 58.8 Å². The third-order valence-corrected chi connectivity index (χ3v) is 7.98. The number of piperidine rings is 1. The van der Waals surface area contributed by atoms with Crippen LogP contribution in [0.3, 0.4) is 0 Å². The molecule has 1 aliphatic heterocycles. The second-order valence-corrected chi connectivity index (χ2v) is 10.5. The largest absolute Gasteiger partial charge is 0.493 e. The number of carbonyl (C=O) groups excluding carboxylic acids is 2. The number of fused-ring (bicyclic) bond motifs is 2. The molecule has 1 fully saturated rings. The standard InChI is InChI=1S/C32H36N2O6/c1-19-9-8-10-20(2)34(19)28(35)18-40-32(36)29-23-11-6-7-12-25(23)33-30-22(13-14-24(29)30)15-21-16-26(37-3)31(39-5)27(17-21)38-4/h6-7,11-12,15-17,19-20H,8-10,13-14,18H2,1-5H3/b22-15+/t19-,20+. The van der Waals surface area contributed by atoms with Crippen LogP contribution in [0.1, 0.15) is 66.7 Å². The quantitative estimate of drug-likeness (QED) is 0.353. The molecule has 210 valence electrons. The van der Waals surface area contributed by atoms with E-state index in [0.29, 0.717) is 41.2 Å². The first kappa shape index (κ1) is 27.5. The Morgan fingerprint density at radius 3 is 2.30 bits per heavy atom. The van der Waals surface area contributed by atoms with Crippen LogP contribution in [-0.2, 0) is 16.0 Å². The van der Waals surface area contributed by atoms with Gasteiger partial charge in [-0.2, -0.15) is 0 Å². The van der Waals surface area contributed by atoms with Gasteiger partial charge in [-0.05, 0) is 86.9 Å². The number of pyridine rings is 1. The zero-order valence-corrected chi connectivity index (χ0v) is 23.8. The predicted molar refractivity (Wildman–Crippen MR) is 154 cm³/mol. The number of amides is 1. The van der Waals surface area contributed by atoms with Crippen LogP contribution in [0, 0.1) is 0 Å². The topological polar surface area (TPSA) is 87.2 Å². The maximum Gasteiger partial charge on any atom is 0.339 e. The summed E-state index contributed by atoms with van der Waals surface area (Å²) in [6.45, 7) is 3.84. The van der Waals surface area contributed by atoms with E-state index in [1.54, 1.807) is 21.3 Å². The smallest absolute Gasteiger partial charge is 0.339 e. The van der Waals surface area contributed by atoms with Crippen molar-refractivity contribution in [2.75, 3.05) is 27.9 Å². The number of esters is 1. The molecule has 0 bridgehead atoms. The molecule has 0 spiro atoms. The highest BCUT2D eigenvalue weighted by Gasteiger charge is 2.31. The van der Waals surface area contributed by atoms with E-state index in [1.807, 2.05) is 47.4 Å². The Bertz CT molecular complexity index is 1440. The van der Waals surface area contributed by atoms with Gasteiger partial charge in [-0.1, -0.05) is 18.2 Å². The van der Waals surface area contributed by atoms with E-state index in [2.05, 4.69) is 13.8 Å². The first-order valence-electron chi connectivity index (χ1n) is 13.8. The van der Waals surface area contributed by atoms with Gasteiger partial charge in [-0.25, -0.2) is 9.78 Å². The van der Waals surface area contributed by atoms with Crippen LogP contribution in [0.2, 0.25) is 0 Å². The molecule has 3 aromatic rings. The van der Waals surface area contributed by atoms with Crippen molar-refractivity contribution >= 4 is 34.4 Å². The van der Waals surface area contributed by atoms with E-state index < -0.39 is 5.97 Å². The van der Waals surface area contributed by atoms with Gasteiger partial charge in [0.2, 0.25) is 5.75 Å². The van der Waals surface area contributed by atoms with Crippen molar-refractivity contribution in [3.8, 4) is 17.2 Å². The zero-order valence-electron chi connectivity index (χ0n) is 23.8. The SMILES string of the molecule is COc1cc(/C=C2\CCc3c2nc2ccccc2c3C(=O)OCC(=O)N2[C@H](C)CCC[C@@H]2C)cc(OC)c1OC. The summed E-state index contributed by atoms with van der Waals surface area (Å²) >= 11 is 0. The van der Waals surface area contributed by atoms with Crippen LogP contribution in [0.15, 0.2) is 36.4 Å². The van der Waals surface area contributed by atoms with Crippen LogP contribution in [0.25, 0.3) is 22.6 Å². The van der Waals surface area contributed by atoms with Crippen molar-refractivity contribution < 1.29 is 28.5 Å². The minimum atomic E-state index is -0.491. The number of benzene rings is 2. The molecular weight excluding hydrogens is 508 g/mol. The Balaban J connectivity index is 1.49. The number of likely N-dealkylation sites (tertiary alicyclic amines) is 1. The Morgan fingerprint density at radius 2 is 1.65 bits per heavy atom. The van der Waals surface area contributed by atoms with Gasteiger partial charge in [0.25, 0.3) is 5.91 Å². The second kappa shape index (κ2) is 11.6. The Hall–Kier alpha value is -4.07. The highest BCUT2D eigenvalue weighted by atomic mass is 16.5. The average Bonchev–Trinajstić information content (AvgIpc) is 3.35. The molecule has 8 heteroatoms. The van der Waals surface area contributed by atoms with Gasteiger partial charge in [-0.15, -0.1) is 0 Å². The normalized spacial score (nSPS) is 19.4. The van der Waals surface area contributed by atoms with Crippen LogP contribution in [0.5, 0.6) is 17.2 Å². The van der Waals surface area contributed by atoms with Crippen molar-refractivity contribution in [2.24, 2.45) is 0 Å². The highest BCUT2D eigenvalue weighted by molar-refractivity contribution is 6.07. The number of hydrogen-bond donors (Lipinski definition) is 0. The monoisotopic (exact) mass is 544 g/mol. The molecule has 2 aliphatic rings. The van der Waals surface area contributed by atoms with E-state index in [1.165, 1.54) is 0 Å². The maximum absolute atomic E-state index is 13.6. The van der Waals surface area contributed by atoms with Gasteiger partial charge in [0.15, 0.2) is 18.1 Å². The summed E-state index contributed by atoms with van der Waals surface area (Å²) in [5.41, 5.74) is 4.67. The van der Waals surface area contributed by atoms with Crippen LogP contribution < -0.4 is 14.2 Å². The fourth-order valence-electron chi connectivity index (χ4n) is 6.08. The molecule has 0 radical (unpaired) electrons. The van der Waals surface area contributed by atoms with Gasteiger partial charge in [0.1, 0.15) is 0 Å². The van der Waals surface area contributed by atoms with Gasteiger partial charge in [-0.3, -0.25) is 4.79 Å². The molecular formula is C32H36N2O6. The number of allylic oxidation sites excluding steroid dienone is 1. The van der Waals surface area contributed by atoms with Crippen LogP contribution in [0.4, 0.5) is 0 Å². The molecule has 1 amide bonds. The Kier molecular flexibility index (Phi) is 7.96. The van der Waals surface area contributed by atoms with E-state index in [9.17, 15) is 9.59 Å². The van der Waals surface area contributed by atoms with Crippen LogP contribution in [-0.4, -0.2) is 61.8 Å². The van der Waals surface area contributed by atoms with E-state index in [0.717, 1.165) is 47.0 Å². The molecule has 1 aromatic heterocycles. The third-order valence-electron chi connectivity index (χ3n) is 7.98. The number of hydrogen-bond acceptors (Lipinski definition) is 7. The molecule has 2 heterocycles. The van der Waals surface area contributed by atoms with E-state index >= 15 is 0 Å².